The van der Waals surface area contributed by atoms with Gasteiger partial charge in [0.05, 0.1) is 6.10 Å². The molecule has 0 spiro atoms. The summed E-state index contributed by atoms with van der Waals surface area (Å²) in [5.74, 6) is 0. The molecule has 0 bridgehead atoms. The highest BCUT2D eigenvalue weighted by atomic mass is 16.5. The second-order valence-electron chi connectivity index (χ2n) is 4.37. The molecule has 1 unspecified atom stereocenters. The highest BCUT2D eigenvalue weighted by molar-refractivity contribution is 5.22. The van der Waals surface area contributed by atoms with Crippen molar-refractivity contribution in [1.82, 2.24) is 4.90 Å². The smallest absolute Gasteiger partial charge is 0.0710 e. The van der Waals surface area contributed by atoms with Gasteiger partial charge in [0.1, 0.15) is 0 Å². The van der Waals surface area contributed by atoms with E-state index in [0.717, 1.165) is 19.6 Å². The fourth-order valence-electron chi connectivity index (χ4n) is 2.20. The minimum Gasteiger partial charge on any atom is -0.380 e. The highest BCUT2D eigenvalue weighted by Crippen LogP contribution is 2.15. The Labute approximate surface area is 91.9 Å². The molecule has 1 aromatic rings. The van der Waals surface area contributed by atoms with Crippen LogP contribution >= 0.6 is 0 Å². The predicted molar refractivity (Wildman–Crippen MR) is 61.9 cm³/mol. The standard InChI is InChI=1S/C13H19NO/c1-11-4-3-5-12(8-11)9-14-7-6-13(10-14)15-2/h3-5,8,13H,6-7,9-10H2,1-2H3. The molecule has 1 heterocycles. The van der Waals surface area contributed by atoms with Crippen LogP contribution < -0.4 is 0 Å². The molecule has 0 N–H and O–H groups in total. The fraction of sp³-hybridized carbons (Fsp3) is 0.538. The molecule has 1 saturated heterocycles. The second-order valence-corrected chi connectivity index (χ2v) is 4.37. The number of ether oxygens (including phenoxy) is 1. The van der Waals surface area contributed by atoms with Gasteiger partial charge in [-0.25, -0.2) is 0 Å². The van der Waals surface area contributed by atoms with Crippen molar-refractivity contribution in [2.24, 2.45) is 0 Å². The Morgan fingerprint density at radius 2 is 2.33 bits per heavy atom. The fourth-order valence-corrected chi connectivity index (χ4v) is 2.20. The van der Waals surface area contributed by atoms with Crippen LogP contribution in [0.2, 0.25) is 0 Å². The van der Waals surface area contributed by atoms with Crippen molar-refractivity contribution in [2.75, 3.05) is 20.2 Å². The first-order valence-corrected chi connectivity index (χ1v) is 5.58. The first-order valence-electron chi connectivity index (χ1n) is 5.58. The lowest BCUT2D eigenvalue weighted by Crippen LogP contribution is -2.22. The zero-order valence-corrected chi connectivity index (χ0v) is 9.57. The van der Waals surface area contributed by atoms with Crippen LogP contribution in [0.25, 0.3) is 0 Å². The maximum absolute atomic E-state index is 5.36. The Bertz CT molecular complexity index is 324. The Kier molecular flexibility index (Phi) is 3.39. The summed E-state index contributed by atoms with van der Waals surface area (Å²) in [7, 11) is 1.81. The third kappa shape index (κ3) is 2.80. The minimum absolute atomic E-state index is 0.440. The molecule has 2 rings (SSSR count). The molecule has 1 aliphatic rings. The largest absolute Gasteiger partial charge is 0.380 e. The van der Waals surface area contributed by atoms with Crippen LogP contribution in [0, 0.1) is 6.92 Å². The summed E-state index contributed by atoms with van der Waals surface area (Å²) in [6, 6.07) is 8.74. The Morgan fingerprint density at radius 3 is 3.00 bits per heavy atom. The van der Waals surface area contributed by atoms with Gasteiger partial charge in [-0.15, -0.1) is 0 Å². The molecule has 2 heteroatoms. The van der Waals surface area contributed by atoms with Gasteiger partial charge in [-0.05, 0) is 18.9 Å². The third-order valence-corrected chi connectivity index (χ3v) is 3.05. The van der Waals surface area contributed by atoms with Crippen LogP contribution in [0.1, 0.15) is 17.5 Å². The molecular formula is C13H19NO. The van der Waals surface area contributed by atoms with Crippen molar-refractivity contribution in [3.05, 3.63) is 35.4 Å². The van der Waals surface area contributed by atoms with Crippen LogP contribution in [-0.2, 0) is 11.3 Å². The summed E-state index contributed by atoms with van der Waals surface area (Å²) in [6.45, 7) is 5.43. The normalized spacial score (nSPS) is 22.1. The lowest BCUT2D eigenvalue weighted by Gasteiger charge is -2.15. The molecule has 2 nitrogen and oxygen atoms in total. The van der Waals surface area contributed by atoms with Gasteiger partial charge in [0.15, 0.2) is 0 Å². The summed E-state index contributed by atoms with van der Waals surface area (Å²) >= 11 is 0. The Hall–Kier alpha value is -0.860. The van der Waals surface area contributed by atoms with Crippen molar-refractivity contribution in [3.8, 4) is 0 Å². The van der Waals surface area contributed by atoms with E-state index < -0.39 is 0 Å². The van der Waals surface area contributed by atoms with Crippen LogP contribution in [0.4, 0.5) is 0 Å². The number of aryl methyl sites for hydroxylation is 1. The van der Waals surface area contributed by atoms with E-state index in [9.17, 15) is 0 Å². The maximum Gasteiger partial charge on any atom is 0.0710 e. The van der Waals surface area contributed by atoms with Gasteiger partial charge in [0.2, 0.25) is 0 Å². The molecule has 0 radical (unpaired) electrons. The van der Waals surface area contributed by atoms with Gasteiger partial charge >= 0.3 is 0 Å². The first-order chi connectivity index (χ1) is 7.28. The number of hydrogen-bond acceptors (Lipinski definition) is 2. The van der Waals surface area contributed by atoms with Crippen LogP contribution in [-0.4, -0.2) is 31.2 Å². The van der Waals surface area contributed by atoms with E-state index in [0.29, 0.717) is 6.10 Å². The summed E-state index contributed by atoms with van der Waals surface area (Å²) in [5, 5.41) is 0. The van der Waals surface area contributed by atoms with Crippen molar-refractivity contribution in [2.45, 2.75) is 26.0 Å². The lowest BCUT2D eigenvalue weighted by molar-refractivity contribution is 0.107. The topological polar surface area (TPSA) is 12.5 Å². The van der Waals surface area contributed by atoms with Gasteiger partial charge < -0.3 is 4.74 Å². The average molecular weight is 205 g/mol. The molecule has 1 atom stereocenters. The van der Waals surface area contributed by atoms with Crippen molar-refractivity contribution >= 4 is 0 Å². The van der Waals surface area contributed by atoms with E-state index in [-0.39, 0.29) is 0 Å². The first kappa shape index (κ1) is 10.7. The molecule has 0 amide bonds. The highest BCUT2D eigenvalue weighted by Gasteiger charge is 2.21. The number of nitrogens with zero attached hydrogens (tertiary/aromatic N) is 1. The van der Waals surface area contributed by atoms with E-state index in [1.54, 1.807) is 7.11 Å². The third-order valence-electron chi connectivity index (χ3n) is 3.05. The molecule has 1 fully saturated rings. The SMILES string of the molecule is COC1CCN(Cc2cccc(C)c2)C1. The quantitative estimate of drug-likeness (QED) is 0.750. The van der Waals surface area contributed by atoms with E-state index in [1.807, 2.05) is 0 Å². The van der Waals surface area contributed by atoms with Gasteiger partial charge in [0, 0.05) is 26.7 Å². The molecular weight excluding hydrogens is 186 g/mol. The van der Waals surface area contributed by atoms with E-state index in [1.165, 1.54) is 17.5 Å². The van der Waals surface area contributed by atoms with Crippen LogP contribution in [0.15, 0.2) is 24.3 Å². The number of methoxy groups -OCH3 is 1. The molecule has 1 aromatic carbocycles. The zero-order chi connectivity index (χ0) is 10.7. The maximum atomic E-state index is 5.36. The van der Waals surface area contributed by atoms with E-state index >= 15 is 0 Å². The van der Waals surface area contributed by atoms with Crippen molar-refractivity contribution < 1.29 is 4.74 Å². The number of rotatable bonds is 3. The van der Waals surface area contributed by atoms with Gasteiger partial charge in [-0.2, -0.15) is 0 Å². The van der Waals surface area contributed by atoms with Crippen LogP contribution in [0.3, 0.4) is 0 Å². The van der Waals surface area contributed by atoms with Crippen molar-refractivity contribution in [3.63, 3.8) is 0 Å². The molecule has 0 aliphatic carbocycles. The number of hydrogen-bond donors (Lipinski definition) is 0. The molecule has 82 valence electrons. The number of benzene rings is 1. The van der Waals surface area contributed by atoms with Crippen molar-refractivity contribution in [1.29, 1.82) is 0 Å². The molecule has 1 aliphatic heterocycles. The van der Waals surface area contributed by atoms with Gasteiger partial charge in [-0.3, -0.25) is 4.90 Å². The second kappa shape index (κ2) is 4.77. The molecule has 0 aromatic heterocycles. The van der Waals surface area contributed by atoms with Gasteiger partial charge in [0.25, 0.3) is 0 Å². The predicted octanol–water partition coefficient (Wildman–Crippen LogP) is 2.22. The van der Waals surface area contributed by atoms with Crippen LogP contribution in [0.5, 0.6) is 0 Å². The summed E-state index contributed by atoms with van der Waals surface area (Å²) < 4.78 is 5.36. The minimum atomic E-state index is 0.440. The van der Waals surface area contributed by atoms with Gasteiger partial charge in [-0.1, -0.05) is 29.8 Å². The van der Waals surface area contributed by atoms with E-state index in [4.69, 9.17) is 4.74 Å². The Morgan fingerprint density at radius 1 is 1.47 bits per heavy atom. The summed E-state index contributed by atoms with van der Waals surface area (Å²) in [6.07, 6.45) is 1.61. The monoisotopic (exact) mass is 205 g/mol. The summed E-state index contributed by atoms with van der Waals surface area (Å²) in [4.78, 5) is 2.46. The Balaban J connectivity index is 1.92. The molecule has 0 saturated carbocycles. The summed E-state index contributed by atoms with van der Waals surface area (Å²) in [5.41, 5.74) is 2.75. The average Bonchev–Trinajstić information content (AvgIpc) is 2.65. The molecule has 15 heavy (non-hydrogen) atoms. The number of likely N-dealkylation sites (tertiary alicyclic amines) is 1. The zero-order valence-electron chi connectivity index (χ0n) is 9.57. The van der Waals surface area contributed by atoms with E-state index in [2.05, 4.69) is 36.1 Å². The lowest BCUT2D eigenvalue weighted by atomic mass is 10.1.